The second kappa shape index (κ2) is 6.72. The van der Waals surface area contributed by atoms with Gasteiger partial charge < -0.3 is 14.8 Å². The molecule has 0 aromatic carbocycles. The molecule has 17 heavy (non-hydrogen) atoms. The quantitative estimate of drug-likeness (QED) is 0.742. The van der Waals surface area contributed by atoms with Gasteiger partial charge >= 0.3 is 0 Å². The van der Waals surface area contributed by atoms with Crippen molar-refractivity contribution in [1.29, 1.82) is 0 Å². The molecule has 2 fully saturated rings. The maximum Gasteiger partial charge on any atom is 0.0986 e. The van der Waals surface area contributed by atoms with Crippen molar-refractivity contribution in [3.8, 4) is 0 Å². The van der Waals surface area contributed by atoms with E-state index in [0.717, 1.165) is 25.5 Å². The van der Waals surface area contributed by atoms with Gasteiger partial charge in [0.25, 0.3) is 0 Å². The summed E-state index contributed by atoms with van der Waals surface area (Å²) in [4.78, 5) is 0. The highest BCUT2D eigenvalue weighted by Crippen LogP contribution is 2.30. The van der Waals surface area contributed by atoms with Crippen LogP contribution in [0.1, 0.15) is 45.4 Å². The molecule has 2 aliphatic carbocycles. The van der Waals surface area contributed by atoms with Gasteiger partial charge in [0.05, 0.1) is 12.2 Å². The highest BCUT2D eigenvalue weighted by molar-refractivity contribution is 4.97. The summed E-state index contributed by atoms with van der Waals surface area (Å²) >= 11 is 0. The second-order valence-electron chi connectivity index (χ2n) is 5.52. The van der Waals surface area contributed by atoms with Crippen molar-refractivity contribution in [1.82, 2.24) is 5.32 Å². The maximum atomic E-state index is 6.01. The first-order chi connectivity index (χ1) is 8.35. The van der Waals surface area contributed by atoms with Gasteiger partial charge in [-0.1, -0.05) is 19.8 Å². The van der Waals surface area contributed by atoms with Gasteiger partial charge in [-0.05, 0) is 38.1 Å². The molecule has 0 radical (unpaired) electrons. The number of methoxy groups -OCH3 is 1. The van der Waals surface area contributed by atoms with E-state index in [1.165, 1.54) is 32.1 Å². The Hall–Kier alpha value is -0.120. The number of rotatable bonds is 7. The summed E-state index contributed by atoms with van der Waals surface area (Å²) < 4.78 is 11.5. The zero-order valence-electron chi connectivity index (χ0n) is 11.3. The molecule has 0 bridgehead atoms. The third-order valence-corrected chi connectivity index (χ3v) is 4.20. The standard InChI is InChI=1S/C14H27NO2/c1-3-8-15-12-9-13(14(12)16-2)17-10-11-6-4-5-7-11/h11-15H,3-10H2,1-2H3. The zero-order valence-corrected chi connectivity index (χ0v) is 11.3. The SMILES string of the molecule is CCCNC1CC(OCC2CCCC2)C1OC. The fourth-order valence-corrected chi connectivity index (χ4v) is 3.03. The molecular formula is C14H27NO2. The molecule has 0 spiro atoms. The predicted octanol–water partition coefficient (Wildman–Crippen LogP) is 2.35. The maximum absolute atomic E-state index is 6.01. The molecule has 0 amide bonds. The fourth-order valence-electron chi connectivity index (χ4n) is 3.03. The van der Waals surface area contributed by atoms with Crippen LogP contribution in [-0.2, 0) is 9.47 Å². The van der Waals surface area contributed by atoms with Crippen molar-refractivity contribution in [2.45, 2.75) is 63.7 Å². The lowest BCUT2D eigenvalue weighted by Gasteiger charge is -2.44. The first kappa shape index (κ1) is 13.3. The summed E-state index contributed by atoms with van der Waals surface area (Å²) in [5, 5.41) is 3.52. The lowest BCUT2D eigenvalue weighted by molar-refractivity contribution is -0.139. The van der Waals surface area contributed by atoms with Gasteiger partial charge in [0.1, 0.15) is 0 Å². The molecule has 1 N–H and O–H groups in total. The van der Waals surface area contributed by atoms with Gasteiger partial charge in [-0.15, -0.1) is 0 Å². The molecule has 100 valence electrons. The van der Waals surface area contributed by atoms with Crippen molar-refractivity contribution in [2.24, 2.45) is 5.92 Å². The molecule has 0 heterocycles. The number of hydrogen-bond acceptors (Lipinski definition) is 3. The van der Waals surface area contributed by atoms with Crippen LogP contribution in [0.25, 0.3) is 0 Å². The van der Waals surface area contributed by atoms with Gasteiger partial charge in [0.2, 0.25) is 0 Å². The molecule has 3 nitrogen and oxygen atoms in total. The lowest BCUT2D eigenvalue weighted by atomic mass is 9.85. The molecule has 0 saturated heterocycles. The molecule has 3 heteroatoms. The van der Waals surface area contributed by atoms with Crippen LogP contribution < -0.4 is 5.32 Å². The Morgan fingerprint density at radius 3 is 2.65 bits per heavy atom. The molecule has 2 saturated carbocycles. The van der Waals surface area contributed by atoms with Crippen molar-refractivity contribution in [2.75, 3.05) is 20.3 Å². The molecule has 2 aliphatic rings. The Labute approximate surface area is 105 Å². The molecule has 0 aromatic heterocycles. The smallest absolute Gasteiger partial charge is 0.0986 e. The average molecular weight is 241 g/mol. The van der Waals surface area contributed by atoms with Gasteiger partial charge in [-0.3, -0.25) is 0 Å². The van der Waals surface area contributed by atoms with E-state index in [4.69, 9.17) is 9.47 Å². The monoisotopic (exact) mass is 241 g/mol. The first-order valence-corrected chi connectivity index (χ1v) is 7.23. The van der Waals surface area contributed by atoms with Crippen molar-refractivity contribution >= 4 is 0 Å². The molecule has 2 rings (SSSR count). The van der Waals surface area contributed by atoms with Gasteiger partial charge in [0, 0.05) is 19.8 Å². The van der Waals surface area contributed by atoms with Crippen LogP contribution in [0.3, 0.4) is 0 Å². The van der Waals surface area contributed by atoms with Crippen molar-refractivity contribution in [3.05, 3.63) is 0 Å². The van der Waals surface area contributed by atoms with Crippen LogP contribution in [-0.4, -0.2) is 38.5 Å². The van der Waals surface area contributed by atoms with Crippen molar-refractivity contribution < 1.29 is 9.47 Å². The summed E-state index contributed by atoms with van der Waals surface area (Å²) in [6.45, 7) is 4.23. The molecule has 3 atom stereocenters. The number of ether oxygens (including phenoxy) is 2. The van der Waals surface area contributed by atoms with E-state index in [1.807, 2.05) is 0 Å². The zero-order chi connectivity index (χ0) is 12.1. The molecule has 0 aliphatic heterocycles. The Bertz CT molecular complexity index is 216. The largest absolute Gasteiger partial charge is 0.377 e. The van der Waals surface area contributed by atoms with Crippen LogP contribution in [0.4, 0.5) is 0 Å². The third kappa shape index (κ3) is 3.43. The van der Waals surface area contributed by atoms with Gasteiger partial charge in [-0.25, -0.2) is 0 Å². The summed E-state index contributed by atoms with van der Waals surface area (Å²) in [5.41, 5.74) is 0. The van der Waals surface area contributed by atoms with E-state index in [9.17, 15) is 0 Å². The van der Waals surface area contributed by atoms with E-state index < -0.39 is 0 Å². The minimum absolute atomic E-state index is 0.267. The predicted molar refractivity (Wildman–Crippen MR) is 69.2 cm³/mol. The minimum Gasteiger partial charge on any atom is -0.377 e. The van der Waals surface area contributed by atoms with E-state index in [2.05, 4.69) is 12.2 Å². The van der Waals surface area contributed by atoms with Crippen LogP contribution in [0, 0.1) is 5.92 Å². The summed E-state index contributed by atoms with van der Waals surface area (Å²) in [5.74, 6) is 0.815. The highest BCUT2D eigenvalue weighted by atomic mass is 16.5. The Kier molecular flexibility index (Phi) is 5.26. The second-order valence-corrected chi connectivity index (χ2v) is 5.52. The number of hydrogen-bond donors (Lipinski definition) is 1. The van der Waals surface area contributed by atoms with Gasteiger partial charge in [0.15, 0.2) is 0 Å². The van der Waals surface area contributed by atoms with E-state index in [0.29, 0.717) is 12.1 Å². The van der Waals surface area contributed by atoms with Crippen molar-refractivity contribution in [3.63, 3.8) is 0 Å². The minimum atomic E-state index is 0.267. The lowest BCUT2D eigenvalue weighted by Crippen LogP contribution is -2.60. The normalized spacial score (nSPS) is 33.9. The van der Waals surface area contributed by atoms with Crippen LogP contribution in [0.2, 0.25) is 0 Å². The summed E-state index contributed by atoms with van der Waals surface area (Å²) in [6, 6.07) is 0.508. The van der Waals surface area contributed by atoms with E-state index >= 15 is 0 Å². The van der Waals surface area contributed by atoms with Crippen LogP contribution in [0.15, 0.2) is 0 Å². The molecule has 0 aromatic rings. The summed E-state index contributed by atoms with van der Waals surface area (Å²) in [6.07, 6.45) is 8.41. The highest BCUT2D eigenvalue weighted by Gasteiger charge is 2.42. The average Bonchev–Trinajstić information content (AvgIpc) is 2.80. The van der Waals surface area contributed by atoms with Gasteiger partial charge in [-0.2, -0.15) is 0 Å². The Balaban J connectivity index is 1.64. The number of nitrogens with one attached hydrogen (secondary N) is 1. The van der Waals surface area contributed by atoms with Crippen LogP contribution >= 0.6 is 0 Å². The Morgan fingerprint density at radius 2 is 2.00 bits per heavy atom. The topological polar surface area (TPSA) is 30.5 Å². The summed E-state index contributed by atoms with van der Waals surface area (Å²) in [7, 11) is 1.80. The molecule has 3 unspecified atom stereocenters. The first-order valence-electron chi connectivity index (χ1n) is 7.23. The van der Waals surface area contributed by atoms with E-state index in [1.54, 1.807) is 7.11 Å². The molecular weight excluding hydrogens is 214 g/mol. The van der Waals surface area contributed by atoms with E-state index in [-0.39, 0.29) is 6.10 Å². The van der Waals surface area contributed by atoms with Crippen LogP contribution in [0.5, 0.6) is 0 Å². The fraction of sp³-hybridized carbons (Fsp3) is 1.00. The Morgan fingerprint density at radius 1 is 1.24 bits per heavy atom. The third-order valence-electron chi connectivity index (χ3n) is 4.20.